The van der Waals surface area contributed by atoms with Crippen LogP contribution in [0.4, 0.5) is 8.78 Å². The van der Waals surface area contributed by atoms with Crippen LogP contribution in [0.25, 0.3) is 0 Å². The predicted molar refractivity (Wildman–Crippen MR) is 79.8 cm³/mol. The van der Waals surface area contributed by atoms with Crippen LogP contribution >= 0.6 is 15.9 Å². The van der Waals surface area contributed by atoms with Gasteiger partial charge in [0.1, 0.15) is 11.6 Å². The highest BCUT2D eigenvalue weighted by atomic mass is 79.9. The summed E-state index contributed by atoms with van der Waals surface area (Å²) in [5.41, 5.74) is 0.727. The molecule has 0 saturated heterocycles. The Balaban J connectivity index is 2.31. The van der Waals surface area contributed by atoms with Gasteiger partial charge in [0.15, 0.2) is 0 Å². The van der Waals surface area contributed by atoms with Crippen LogP contribution in [0.2, 0.25) is 0 Å². The number of rotatable bonds is 6. The van der Waals surface area contributed by atoms with E-state index in [-0.39, 0.29) is 5.56 Å². The van der Waals surface area contributed by atoms with Crippen LogP contribution in [0.3, 0.4) is 0 Å². The predicted octanol–water partition coefficient (Wildman–Crippen LogP) is 3.14. The molecule has 7 heteroatoms. The highest BCUT2D eigenvalue weighted by Gasteiger charge is 2.22. The molecule has 1 aromatic carbocycles. The van der Waals surface area contributed by atoms with Gasteiger partial charge in [-0.2, -0.15) is 0 Å². The third-order valence-electron chi connectivity index (χ3n) is 3.10. The van der Waals surface area contributed by atoms with Gasteiger partial charge in [0, 0.05) is 35.7 Å². The maximum atomic E-state index is 14.1. The highest BCUT2D eigenvalue weighted by Crippen LogP contribution is 2.27. The molecule has 21 heavy (non-hydrogen) atoms. The number of halogens is 3. The van der Waals surface area contributed by atoms with Gasteiger partial charge in [-0.3, -0.25) is 4.68 Å². The lowest BCUT2D eigenvalue weighted by molar-refractivity contribution is 0.461. The zero-order chi connectivity index (χ0) is 15.4. The van der Waals surface area contributed by atoms with Crippen molar-refractivity contribution in [3.63, 3.8) is 0 Å². The summed E-state index contributed by atoms with van der Waals surface area (Å²) in [6, 6.07) is 2.07. The molecule has 1 heterocycles. The van der Waals surface area contributed by atoms with Gasteiger partial charge >= 0.3 is 0 Å². The summed E-state index contributed by atoms with van der Waals surface area (Å²) in [4.78, 5) is 0. The zero-order valence-electron chi connectivity index (χ0n) is 11.9. The quantitative estimate of drug-likeness (QED) is 0.862. The minimum atomic E-state index is -0.570. The Hall–Kier alpha value is -1.34. The van der Waals surface area contributed by atoms with E-state index < -0.39 is 17.7 Å². The fourth-order valence-corrected chi connectivity index (χ4v) is 2.58. The summed E-state index contributed by atoms with van der Waals surface area (Å²) >= 11 is 3.09. The van der Waals surface area contributed by atoms with E-state index in [0.29, 0.717) is 23.1 Å². The number of aryl methyl sites for hydroxylation is 1. The number of nitrogens with zero attached hydrogens (tertiary/aromatic N) is 3. The van der Waals surface area contributed by atoms with E-state index in [4.69, 9.17) is 0 Å². The lowest BCUT2D eigenvalue weighted by atomic mass is 10.0. The van der Waals surface area contributed by atoms with Crippen molar-refractivity contribution >= 4 is 15.9 Å². The molecular formula is C14H17BrF2N4. The number of nitrogens with one attached hydrogen (secondary N) is 1. The van der Waals surface area contributed by atoms with Crippen molar-refractivity contribution in [3.05, 3.63) is 45.7 Å². The van der Waals surface area contributed by atoms with Crippen LogP contribution in [0.5, 0.6) is 0 Å². The third-order valence-corrected chi connectivity index (χ3v) is 3.55. The molecule has 4 nitrogen and oxygen atoms in total. The molecular weight excluding hydrogens is 342 g/mol. The second-order valence-corrected chi connectivity index (χ2v) is 5.79. The normalized spacial score (nSPS) is 12.6. The second-order valence-electron chi connectivity index (χ2n) is 4.88. The van der Waals surface area contributed by atoms with Gasteiger partial charge in [-0.15, -0.1) is 5.10 Å². The zero-order valence-corrected chi connectivity index (χ0v) is 13.5. The first-order valence-corrected chi connectivity index (χ1v) is 7.53. The van der Waals surface area contributed by atoms with Crippen molar-refractivity contribution in [2.24, 2.45) is 7.05 Å². The van der Waals surface area contributed by atoms with Gasteiger partial charge in [-0.25, -0.2) is 8.78 Å². The topological polar surface area (TPSA) is 42.7 Å². The minimum Gasteiger partial charge on any atom is -0.309 e. The molecule has 0 saturated carbocycles. The maximum Gasteiger partial charge on any atom is 0.132 e. The standard InChI is InChI=1S/C14H17BrF2N4/c1-3-4-18-13(7-10-8-21(2)20-19-10)14-11(16)5-9(15)6-12(14)17/h5-6,8,13,18H,3-4,7H2,1-2H3. The van der Waals surface area contributed by atoms with Crippen molar-refractivity contribution in [2.45, 2.75) is 25.8 Å². The molecule has 1 unspecified atom stereocenters. The molecule has 1 N–H and O–H groups in total. The van der Waals surface area contributed by atoms with Crippen molar-refractivity contribution < 1.29 is 8.78 Å². The first-order chi connectivity index (χ1) is 10.0. The van der Waals surface area contributed by atoms with E-state index in [1.807, 2.05) is 6.92 Å². The molecule has 0 spiro atoms. The van der Waals surface area contributed by atoms with Gasteiger partial charge in [-0.05, 0) is 25.1 Å². The Morgan fingerprint density at radius 2 is 2.00 bits per heavy atom. The molecule has 1 aromatic heterocycles. The maximum absolute atomic E-state index is 14.1. The van der Waals surface area contributed by atoms with Crippen LogP contribution in [-0.2, 0) is 13.5 Å². The Labute approximate surface area is 130 Å². The molecule has 0 fully saturated rings. The fourth-order valence-electron chi connectivity index (χ4n) is 2.18. The SMILES string of the molecule is CCCNC(Cc1cn(C)nn1)c1c(F)cc(Br)cc1F. The molecule has 0 bridgehead atoms. The van der Waals surface area contributed by atoms with E-state index in [2.05, 4.69) is 31.6 Å². The molecule has 0 aliphatic heterocycles. The minimum absolute atomic E-state index is 0.0392. The molecule has 0 aliphatic rings. The Morgan fingerprint density at radius 1 is 1.33 bits per heavy atom. The monoisotopic (exact) mass is 358 g/mol. The van der Waals surface area contributed by atoms with E-state index in [9.17, 15) is 8.78 Å². The lowest BCUT2D eigenvalue weighted by Gasteiger charge is -2.19. The van der Waals surface area contributed by atoms with Crippen LogP contribution in [0.1, 0.15) is 30.6 Å². The van der Waals surface area contributed by atoms with Crippen molar-refractivity contribution in [3.8, 4) is 0 Å². The van der Waals surface area contributed by atoms with Gasteiger partial charge in [0.25, 0.3) is 0 Å². The number of hydrogen-bond donors (Lipinski definition) is 1. The van der Waals surface area contributed by atoms with E-state index in [1.165, 1.54) is 12.1 Å². The number of benzene rings is 1. The largest absolute Gasteiger partial charge is 0.309 e. The highest BCUT2D eigenvalue weighted by molar-refractivity contribution is 9.10. The van der Waals surface area contributed by atoms with Crippen molar-refractivity contribution in [2.75, 3.05) is 6.54 Å². The molecule has 2 rings (SSSR count). The van der Waals surface area contributed by atoms with Gasteiger partial charge in [-0.1, -0.05) is 28.1 Å². The molecule has 2 aromatic rings. The number of hydrogen-bond acceptors (Lipinski definition) is 3. The molecule has 0 radical (unpaired) electrons. The van der Waals surface area contributed by atoms with Crippen molar-refractivity contribution in [1.82, 2.24) is 20.3 Å². The summed E-state index contributed by atoms with van der Waals surface area (Å²) < 4.78 is 30.2. The van der Waals surface area contributed by atoms with Gasteiger partial charge in [0.05, 0.1) is 5.69 Å². The molecule has 0 aliphatic carbocycles. The van der Waals surface area contributed by atoms with Crippen LogP contribution < -0.4 is 5.32 Å². The lowest BCUT2D eigenvalue weighted by Crippen LogP contribution is -2.26. The molecule has 1 atom stereocenters. The third kappa shape index (κ3) is 4.07. The van der Waals surface area contributed by atoms with Crippen LogP contribution in [0.15, 0.2) is 22.8 Å². The fraction of sp³-hybridized carbons (Fsp3) is 0.429. The van der Waals surface area contributed by atoms with Crippen LogP contribution in [0, 0.1) is 11.6 Å². The summed E-state index contributed by atoms with van der Waals surface area (Å²) in [6.07, 6.45) is 3.00. The molecule has 114 valence electrons. The average molecular weight is 359 g/mol. The first-order valence-electron chi connectivity index (χ1n) is 6.74. The summed E-state index contributed by atoms with van der Waals surface area (Å²) in [6.45, 7) is 2.67. The second kappa shape index (κ2) is 7.09. The van der Waals surface area contributed by atoms with Crippen LogP contribution in [-0.4, -0.2) is 21.5 Å². The van der Waals surface area contributed by atoms with E-state index in [0.717, 1.165) is 6.42 Å². The smallest absolute Gasteiger partial charge is 0.132 e. The Kier molecular flexibility index (Phi) is 5.41. The Morgan fingerprint density at radius 3 is 2.52 bits per heavy atom. The first kappa shape index (κ1) is 16.0. The van der Waals surface area contributed by atoms with Crippen molar-refractivity contribution in [1.29, 1.82) is 0 Å². The number of aromatic nitrogens is 3. The van der Waals surface area contributed by atoms with E-state index in [1.54, 1.807) is 17.9 Å². The van der Waals surface area contributed by atoms with E-state index >= 15 is 0 Å². The summed E-state index contributed by atoms with van der Waals surface area (Å²) in [7, 11) is 1.76. The summed E-state index contributed by atoms with van der Waals surface area (Å²) in [5, 5.41) is 11.0. The van der Waals surface area contributed by atoms with Gasteiger partial charge in [0.2, 0.25) is 0 Å². The molecule has 0 amide bonds. The Bertz CT molecular complexity index is 592. The van der Waals surface area contributed by atoms with Gasteiger partial charge < -0.3 is 5.32 Å². The summed E-state index contributed by atoms with van der Waals surface area (Å²) in [5.74, 6) is -1.14. The average Bonchev–Trinajstić information content (AvgIpc) is 2.80.